The quantitative estimate of drug-likeness (QED) is 0.868. The zero-order valence-corrected chi connectivity index (χ0v) is 12.8. The molecule has 3 aliphatic heterocycles. The van der Waals surface area contributed by atoms with E-state index in [1.54, 1.807) is 0 Å². The van der Waals surface area contributed by atoms with Gasteiger partial charge in [-0.05, 0) is 60.3 Å². The van der Waals surface area contributed by atoms with E-state index in [9.17, 15) is 4.79 Å². The zero-order valence-electron chi connectivity index (χ0n) is 10.4. The normalized spacial score (nSPS) is 30.1. The van der Waals surface area contributed by atoms with Gasteiger partial charge < -0.3 is 4.98 Å². The van der Waals surface area contributed by atoms with Gasteiger partial charge in [0.25, 0.3) is 5.56 Å². The van der Waals surface area contributed by atoms with E-state index in [4.69, 9.17) is 0 Å². The molecule has 1 N–H and O–H groups in total. The molecule has 5 rings (SSSR count). The van der Waals surface area contributed by atoms with Crippen LogP contribution in [-0.2, 0) is 0 Å². The number of rotatable bonds is 1. The van der Waals surface area contributed by atoms with E-state index in [-0.39, 0.29) is 5.56 Å². The van der Waals surface area contributed by atoms with Crippen LogP contribution in [-0.4, -0.2) is 28.0 Å². The highest BCUT2D eigenvalue weighted by atomic mass is 79.9. The van der Waals surface area contributed by atoms with Crippen LogP contribution in [0, 0.1) is 5.92 Å². The molecular formula is C13H14BrN3OS. The Morgan fingerprint density at radius 2 is 2.21 bits per heavy atom. The highest BCUT2D eigenvalue weighted by molar-refractivity contribution is 9.11. The van der Waals surface area contributed by atoms with Crippen molar-refractivity contribution in [1.82, 2.24) is 14.9 Å². The molecule has 100 valence electrons. The largest absolute Gasteiger partial charge is 0.308 e. The third-order valence-electron chi connectivity index (χ3n) is 4.33. The van der Waals surface area contributed by atoms with Gasteiger partial charge in [0.05, 0.1) is 15.3 Å². The zero-order chi connectivity index (χ0) is 13.0. The fourth-order valence-electron chi connectivity index (χ4n) is 3.34. The highest BCUT2D eigenvalue weighted by Gasteiger charge is 2.35. The number of piperidine rings is 3. The number of H-pyrrole nitrogens is 1. The Labute approximate surface area is 123 Å². The van der Waals surface area contributed by atoms with Crippen molar-refractivity contribution in [2.75, 3.05) is 13.1 Å². The molecule has 3 fully saturated rings. The van der Waals surface area contributed by atoms with E-state index >= 15 is 0 Å². The number of aromatic nitrogens is 2. The highest BCUT2D eigenvalue weighted by Crippen LogP contribution is 2.39. The van der Waals surface area contributed by atoms with Crippen molar-refractivity contribution < 1.29 is 0 Å². The second-order valence-corrected chi connectivity index (χ2v) is 7.88. The summed E-state index contributed by atoms with van der Waals surface area (Å²) in [7, 11) is 0. The van der Waals surface area contributed by atoms with Gasteiger partial charge in [-0.2, -0.15) is 0 Å². The predicted molar refractivity (Wildman–Crippen MR) is 79.6 cm³/mol. The molecule has 1 atom stereocenters. The number of nitrogens with one attached hydrogen (secondary N) is 1. The molecule has 0 aliphatic carbocycles. The molecule has 0 spiro atoms. The summed E-state index contributed by atoms with van der Waals surface area (Å²) in [5, 5.41) is 0. The van der Waals surface area contributed by atoms with Crippen molar-refractivity contribution in [2.24, 2.45) is 5.92 Å². The summed E-state index contributed by atoms with van der Waals surface area (Å²) in [6.07, 6.45) is 3.74. The Bertz CT molecular complexity index is 687. The third-order valence-corrected chi connectivity index (χ3v) is 5.96. The molecule has 2 bridgehead atoms. The monoisotopic (exact) mass is 339 g/mol. The average Bonchev–Trinajstić information content (AvgIpc) is 2.81. The first kappa shape index (κ1) is 12.1. The first-order chi connectivity index (χ1) is 9.20. The van der Waals surface area contributed by atoms with Crippen molar-refractivity contribution in [1.29, 1.82) is 0 Å². The molecule has 0 unspecified atom stereocenters. The molecular weight excluding hydrogens is 326 g/mol. The van der Waals surface area contributed by atoms with Gasteiger partial charge in [0.2, 0.25) is 0 Å². The molecule has 4 nitrogen and oxygen atoms in total. The second kappa shape index (κ2) is 4.40. The summed E-state index contributed by atoms with van der Waals surface area (Å²) in [5.41, 5.74) is 0.816. The van der Waals surface area contributed by atoms with Gasteiger partial charge in [-0.1, -0.05) is 0 Å². The fraction of sp³-hybridized carbons (Fsp3) is 0.538. The number of thiophene rings is 1. The van der Waals surface area contributed by atoms with Gasteiger partial charge in [0.1, 0.15) is 10.5 Å². The minimum absolute atomic E-state index is 0.00153. The van der Waals surface area contributed by atoms with Gasteiger partial charge in [0.15, 0.2) is 0 Å². The van der Waals surface area contributed by atoms with E-state index in [0.29, 0.717) is 10.7 Å². The minimum atomic E-state index is -0.00153. The lowest BCUT2D eigenvalue weighted by Crippen LogP contribution is -2.44. The predicted octanol–water partition coefficient (Wildman–Crippen LogP) is 2.90. The maximum atomic E-state index is 12.1. The third kappa shape index (κ3) is 1.97. The van der Waals surface area contributed by atoms with E-state index in [1.165, 1.54) is 24.2 Å². The summed E-state index contributed by atoms with van der Waals surface area (Å²) in [6.45, 7) is 2.29. The van der Waals surface area contributed by atoms with E-state index < -0.39 is 0 Å². The van der Waals surface area contributed by atoms with Gasteiger partial charge in [-0.15, -0.1) is 11.3 Å². The van der Waals surface area contributed by atoms with Crippen LogP contribution in [0.15, 0.2) is 14.6 Å². The molecule has 0 saturated carbocycles. The second-order valence-electron chi connectivity index (χ2n) is 5.45. The molecule has 3 saturated heterocycles. The number of hydrogen-bond acceptors (Lipinski definition) is 4. The molecule has 2 aromatic rings. The Morgan fingerprint density at radius 3 is 2.89 bits per heavy atom. The van der Waals surface area contributed by atoms with Crippen LogP contribution in [0.25, 0.3) is 10.2 Å². The lowest BCUT2D eigenvalue weighted by Gasteiger charge is -2.44. The van der Waals surface area contributed by atoms with Crippen LogP contribution in [0.1, 0.15) is 31.1 Å². The molecule has 0 amide bonds. The molecule has 3 aliphatic rings. The van der Waals surface area contributed by atoms with Gasteiger partial charge >= 0.3 is 0 Å². The van der Waals surface area contributed by atoms with Crippen LogP contribution < -0.4 is 5.56 Å². The first-order valence-corrected chi connectivity index (χ1v) is 8.25. The van der Waals surface area contributed by atoms with E-state index in [1.807, 2.05) is 6.07 Å². The maximum Gasteiger partial charge on any atom is 0.268 e. The van der Waals surface area contributed by atoms with Crippen molar-refractivity contribution in [3.63, 3.8) is 0 Å². The summed E-state index contributed by atoms with van der Waals surface area (Å²) >= 11 is 4.87. The number of fused-ring (bicyclic) bond motifs is 4. The van der Waals surface area contributed by atoms with Crippen molar-refractivity contribution >= 4 is 37.5 Å². The molecule has 5 heterocycles. The van der Waals surface area contributed by atoms with Crippen LogP contribution in [0.3, 0.4) is 0 Å². The average molecular weight is 340 g/mol. The maximum absolute atomic E-state index is 12.1. The summed E-state index contributed by atoms with van der Waals surface area (Å²) in [6, 6.07) is 2.25. The fourth-order valence-corrected chi connectivity index (χ4v) is 4.76. The van der Waals surface area contributed by atoms with Crippen LogP contribution >= 0.6 is 27.3 Å². The number of halogens is 1. The Hall–Kier alpha value is -0.720. The van der Waals surface area contributed by atoms with Crippen LogP contribution in [0.5, 0.6) is 0 Å². The molecule has 6 heteroatoms. The molecule has 19 heavy (non-hydrogen) atoms. The van der Waals surface area contributed by atoms with Crippen LogP contribution in [0.4, 0.5) is 0 Å². The number of nitrogens with zero attached hydrogens (tertiary/aromatic N) is 2. The van der Waals surface area contributed by atoms with E-state index in [0.717, 1.165) is 40.6 Å². The molecule has 0 aromatic carbocycles. The first-order valence-electron chi connectivity index (χ1n) is 6.64. The van der Waals surface area contributed by atoms with E-state index in [2.05, 4.69) is 30.8 Å². The lowest BCUT2D eigenvalue weighted by atomic mass is 9.83. The van der Waals surface area contributed by atoms with Gasteiger partial charge in [-0.3, -0.25) is 9.69 Å². The Morgan fingerprint density at radius 1 is 1.42 bits per heavy atom. The van der Waals surface area contributed by atoms with Crippen LogP contribution in [0.2, 0.25) is 0 Å². The minimum Gasteiger partial charge on any atom is -0.308 e. The topological polar surface area (TPSA) is 49.0 Å². The Kier molecular flexibility index (Phi) is 2.79. The number of aromatic amines is 1. The van der Waals surface area contributed by atoms with Crippen molar-refractivity contribution in [3.8, 4) is 0 Å². The lowest BCUT2D eigenvalue weighted by molar-refractivity contribution is 0.0445. The van der Waals surface area contributed by atoms with Crippen molar-refractivity contribution in [3.05, 3.63) is 26.0 Å². The van der Waals surface area contributed by atoms with Gasteiger partial charge in [0, 0.05) is 0 Å². The standard InChI is InChI=1S/C13H14BrN3OS/c14-10-6-8-11(19-10)13(18)16-12(15-8)9-5-7-1-3-17(9)4-2-7/h6-7,9H,1-5H2,(H,15,16,18)/t9-/m1/s1. The summed E-state index contributed by atoms with van der Waals surface area (Å²) in [4.78, 5) is 22.3. The summed E-state index contributed by atoms with van der Waals surface area (Å²) < 4.78 is 1.68. The SMILES string of the molecule is O=c1[nH]c([C@H]2CC3CCN2CC3)nc2cc(Br)sc12. The number of hydrogen-bond donors (Lipinski definition) is 1. The molecule has 2 aromatic heterocycles. The summed E-state index contributed by atoms with van der Waals surface area (Å²) in [5.74, 6) is 1.66. The van der Waals surface area contributed by atoms with Gasteiger partial charge in [-0.25, -0.2) is 4.98 Å². The van der Waals surface area contributed by atoms with Crippen molar-refractivity contribution in [2.45, 2.75) is 25.3 Å². The smallest absolute Gasteiger partial charge is 0.268 e. The molecule has 0 radical (unpaired) electrons. The Balaban J connectivity index is 1.81.